The number of pyridine rings is 1. The lowest BCUT2D eigenvalue weighted by molar-refractivity contribution is 0.103. The zero-order valence-corrected chi connectivity index (χ0v) is 17.0. The molecular formula is C18H16BrFN4O3S. The first-order valence-corrected chi connectivity index (χ1v) is 10.8. The lowest BCUT2D eigenvalue weighted by Crippen LogP contribution is -2.33. The van der Waals surface area contributed by atoms with Gasteiger partial charge in [0.25, 0.3) is 0 Å². The maximum atomic E-state index is 15.0. The van der Waals surface area contributed by atoms with Gasteiger partial charge < -0.3 is 4.98 Å². The maximum absolute atomic E-state index is 15.0. The Hall–Kier alpha value is -2.30. The summed E-state index contributed by atoms with van der Waals surface area (Å²) in [5.74, 6) is -1.47. The Bertz CT molecular complexity index is 1170. The number of halogens is 2. The molecule has 4 rings (SSSR count). The number of benzene rings is 1. The monoisotopic (exact) mass is 466 g/mol. The zero-order valence-electron chi connectivity index (χ0n) is 14.6. The molecule has 2 N–H and O–H groups in total. The van der Waals surface area contributed by atoms with Crippen molar-refractivity contribution in [1.29, 1.82) is 0 Å². The number of aromatic nitrogens is 2. The molecule has 0 amide bonds. The first-order chi connectivity index (χ1) is 13.4. The molecule has 1 fully saturated rings. The van der Waals surface area contributed by atoms with E-state index in [1.807, 2.05) is 0 Å². The SMILES string of the molecule is O=C(c1cccc(NS(=O)(=O)N2CCCC2)c1F)c1c[nH]c2ncc(Br)cc12. The van der Waals surface area contributed by atoms with E-state index in [1.165, 1.54) is 28.7 Å². The molecular weight excluding hydrogens is 451 g/mol. The van der Waals surface area contributed by atoms with Crippen molar-refractivity contribution in [2.75, 3.05) is 17.8 Å². The minimum absolute atomic E-state index is 0.220. The fourth-order valence-electron chi connectivity index (χ4n) is 3.23. The Kier molecular flexibility index (Phi) is 4.94. The summed E-state index contributed by atoms with van der Waals surface area (Å²) in [6.07, 6.45) is 4.59. The largest absolute Gasteiger partial charge is 0.345 e. The van der Waals surface area contributed by atoms with Crippen molar-refractivity contribution in [1.82, 2.24) is 14.3 Å². The molecule has 146 valence electrons. The van der Waals surface area contributed by atoms with Crippen LogP contribution in [0.25, 0.3) is 11.0 Å². The summed E-state index contributed by atoms with van der Waals surface area (Å²) in [5, 5.41) is 0.543. The van der Waals surface area contributed by atoms with Crippen molar-refractivity contribution in [3.63, 3.8) is 0 Å². The number of carbonyl (C=O) groups is 1. The first kappa shape index (κ1) is 19.0. The van der Waals surface area contributed by atoms with Gasteiger partial charge in [-0.3, -0.25) is 9.52 Å². The molecule has 7 nitrogen and oxygen atoms in total. The lowest BCUT2D eigenvalue weighted by Gasteiger charge is -2.17. The van der Waals surface area contributed by atoms with Gasteiger partial charge in [0.15, 0.2) is 11.6 Å². The van der Waals surface area contributed by atoms with Crippen LogP contribution in [0.15, 0.2) is 41.1 Å². The van der Waals surface area contributed by atoms with Crippen molar-refractivity contribution in [3.05, 3.63) is 58.1 Å². The number of hydrogen-bond acceptors (Lipinski definition) is 4. The molecule has 3 heterocycles. The average Bonchev–Trinajstić information content (AvgIpc) is 3.32. The minimum Gasteiger partial charge on any atom is -0.345 e. The van der Waals surface area contributed by atoms with Crippen LogP contribution >= 0.6 is 15.9 Å². The Labute approximate surface area is 169 Å². The number of nitrogens with one attached hydrogen (secondary N) is 2. The molecule has 10 heteroatoms. The maximum Gasteiger partial charge on any atom is 0.301 e. The molecule has 28 heavy (non-hydrogen) atoms. The molecule has 0 radical (unpaired) electrons. The van der Waals surface area contributed by atoms with Crippen LogP contribution in [0.5, 0.6) is 0 Å². The van der Waals surface area contributed by atoms with Gasteiger partial charge in [0.1, 0.15) is 5.65 Å². The van der Waals surface area contributed by atoms with Gasteiger partial charge >= 0.3 is 10.2 Å². The van der Waals surface area contributed by atoms with Crippen LogP contribution in [0.2, 0.25) is 0 Å². The molecule has 1 aliphatic heterocycles. The number of rotatable bonds is 5. The quantitative estimate of drug-likeness (QED) is 0.562. The molecule has 2 aromatic heterocycles. The second-order valence-electron chi connectivity index (χ2n) is 6.46. The second-order valence-corrected chi connectivity index (χ2v) is 9.05. The summed E-state index contributed by atoms with van der Waals surface area (Å²) in [6.45, 7) is 0.791. The fourth-order valence-corrected chi connectivity index (χ4v) is 4.86. The van der Waals surface area contributed by atoms with E-state index in [0.717, 1.165) is 12.8 Å². The van der Waals surface area contributed by atoms with Crippen molar-refractivity contribution >= 4 is 48.6 Å². The third-order valence-electron chi connectivity index (χ3n) is 4.63. The van der Waals surface area contributed by atoms with E-state index in [4.69, 9.17) is 0 Å². The normalized spacial score (nSPS) is 15.2. The number of hydrogen-bond donors (Lipinski definition) is 2. The van der Waals surface area contributed by atoms with Crippen LogP contribution in [0.3, 0.4) is 0 Å². The summed E-state index contributed by atoms with van der Waals surface area (Å²) >= 11 is 3.30. The standard InChI is InChI=1S/C18H16BrFN4O3S/c19-11-8-13-14(10-22-18(13)21-9-11)17(25)12-4-3-5-15(16(12)20)23-28(26,27)24-6-1-2-7-24/h3-5,8-10,23H,1-2,6-7H2,(H,21,22). The number of fused-ring (bicyclic) bond motifs is 1. The smallest absolute Gasteiger partial charge is 0.301 e. The zero-order chi connectivity index (χ0) is 19.9. The van der Waals surface area contributed by atoms with E-state index in [2.05, 4.69) is 30.6 Å². The van der Waals surface area contributed by atoms with E-state index >= 15 is 4.39 Å². The summed E-state index contributed by atoms with van der Waals surface area (Å²) in [4.78, 5) is 20.0. The summed E-state index contributed by atoms with van der Waals surface area (Å²) < 4.78 is 44.1. The van der Waals surface area contributed by atoms with Gasteiger partial charge in [-0.15, -0.1) is 0 Å². The van der Waals surface area contributed by atoms with Gasteiger partial charge in [0, 0.05) is 40.9 Å². The first-order valence-electron chi connectivity index (χ1n) is 8.60. The predicted octanol–water partition coefficient (Wildman–Crippen LogP) is 3.45. The molecule has 1 saturated heterocycles. The Morgan fingerprint density at radius 2 is 2.00 bits per heavy atom. The third kappa shape index (κ3) is 3.43. The second kappa shape index (κ2) is 7.26. The number of aromatic amines is 1. The molecule has 1 aliphatic rings. The molecule has 0 aliphatic carbocycles. The van der Waals surface area contributed by atoms with E-state index in [1.54, 1.807) is 12.3 Å². The molecule has 1 aromatic carbocycles. The van der Waals surface area contributed by atoms with Gasteiger partial charge in [-0.1, -0.05) is 6.07 Å². The topological polar surface area (TPSA) is 95.2 Å². The number of nitrogens with zero attached hydrogens (tertiary/aromatic N) is 2. The summed E-state index contributed by atoms with van der Waals surface area (Å²) in [6, 6.07) is 5.79. The average molecular weight is 467 g/mol. The Morgan fingerprint density at radius 3 is 2.75 bits per heavy atom. The minimum atomic E-state index is -3.86. The summed E-state index contributed by atoms with van der Waals surface area (Å²) in [7, 11) is -3.86. The van der Waals surface area contributed by atoms with Crippen LogP contribution in [0.1, 0.15) is 28.8 Å². The fraction of sp³-hybridized carbons (Fsp3) is 0.222. The van der Waals surface area contributed by atoms with Crippen molar-refractivity contribution in [2.24, 2.45) is 0 Å². The molecule has 0 atom stereocenters. The number of anilines is 1. The van der Waals surface area contributed by atoms with Crippen LogP contribution in [0, 0.1) is 5.82 Å². The van der Waals surface area contributed by atoms with Crippen LogP contribution in [0.4, 0.5) is 10.1 Å². The van der Waals surface area contributed by atoms with Crippen molar-refractivity contribution < 1.29 is 17.6 Å². The number of ketones is 1. The molecule has 0 bridgehead atoms. The summed E-state index contributed by atoms with van der Waals surface area (Å²) in [5.41, 5.74) is 0.277. The Balaban J connectivity index is 1.70. The highest BCUT2D eigenvalue weighted by molar-refractivity contribution is 9.10. The number of carbonyl (C=O) groups excluding carboxylic acids is 1. The van der Waals surface area contributed by atoms with Crippen LogP contribution in [-0.2, 0) is 10.2 Å². The molecule has 0 saturated carbocycles. The van der Waals surface area contributed by atoms with E-state index in [0.29, 0.717) is 28.6 Å². The highest BCUT2D eigenvalue weighted by Crippen LogP contribution is 2.27. The van der Waals surface area contributed by atoms with E-state index < -0.39 is 21.8 Å². The Morgan fingerprint density at radius 1 is 1.25 bits per heavy atom. The van der Waals surface area contributed by atoms with Gasteiger partial charge in [-0.05, 0) is 47.0 Å². The molecule has 0 unspecified atom stereocenters. The van der Waals surface area contributed by atoms with Crippen molar-refractivity contribution in [2.45, 2.75) is 12.8 Å². The van der Waals surface area contributed by atoms with Gasteiger partial charge in [0.2, 0.25) is 0 Å². The third-order valence-corrected chi connectivity index (χ3v) is 6.59. The van der Waals surface area contributed by atoms with E-state index in [-0.39, 0.29) is 16.8 Å². The van der Waals surface area contributed by atoms with E-state index in [9.17, 15) is 13.2 Å². The van der Waals surface area contributed by atoms with Crippen LogP contribution in [-0.4, -0.2) is 41.6 Å². The highest BCUT2D eigenvalue weighted by Gasteiger charge is 2.27. The molecule has 3 aromatic rings. The van der Waals surface area contributed by atoms with Crippen LogP contribution < -0.4 is 4.72 Å². The van der Waals surface area contributed by atoms with Gasteiger partial charge in [-0.25, -0.2) is 9.37 Å². The van der Waals surface area contributed by atoms with Crippen molar-refractivity contribution in [3.8, 4) is 0 Å². The highest BCUT2D eigenvalue weighted by atomic mass is 79.9. The van der Waals surface area contributed by atoms with Gasteiger partial charge in [0.05, 0.1) is 11.3 Å². The molecule has 0 spiro atoms. The predicted molar refractivity (Wildman–Crippen MR) is 107 cm³/mol. The number of H-pyrrole nitrogens is 1. The lowest BCUT2D eigenvalue weighted by atomic mass is 10.0. The van der Waals surface area contributed by atoms with Gasteiger partial charge in [-0.2, -0.15) is 12.7 Å².